The maximum Gasteiger partial charge on any atom is 0.0615 e. The molecule has 2 atom stereocenters. The summed E-state index contributed by atoms with van der Waals surface area (Å²) in [6, 6.07) is 0.801. The molecule has 0 saturated heterocycles. The van der Waals surface area contributed by atoms with Crippen molar-refractivity contribution in [1.82, 2.24) is 10.2 Å². The van der Waals surface area contributed by atoms with Gasteiger partial charge in [-0.05, 0) is 26.8 Å². The van der Waals surface area contributed by atoms with Crippen molar-refractivity contribution in [2.45, 2.75) is 58.7 Å². The molecule has 0 aliphatic heterocycles. The van der Waals surface area contributed by atoms with E-state index >= 15 is 0 Å². The summed E-state index contributed by atoms with van der Waals surface area (Å²) in [5.41, 5.74) is -0.200. The summed E-state index contributed by atoms with van der Waals surface area (Å²) in [4.78, 5) is 2.39. The minimum atomic E-state index is -0.200. The molecule has 0 aromatic heterocycles. The zero-order valence-electron chi connectivity index (χ0n) is 13.0. The van der Waals surface area contributed by atoms with Crippen molar-refractivity contribution < 1.29 is 9.84 Å². The normalized spacial score (nSPS) is 17.2. The van der Waals surface area contributed by atoms with Gasteiger partial charge in [0.2, 0.25) is 0 Å². The molecule has 0 radical (unpaired) electrons. The third-order valence-corrected chi connectivity index (χ3v) is 3.37. The van der Waals surface area contributed by atoms with Crippen LogP contribution in [0.15, 0.2) is 0 Å². The van der Waals surface area contributed by atoms with Crippen LogP contribution in [0.1, 0.15) is 41.0 Å². The minimum Gasteiger partial charge on any atom is -0.394 e. The van der Waals surface area contributed by atoms with E-state index in [1.807, 2.05) is 0 Å². The molecule has 0 rings (SSSR count). The highest BCUT2D eigenvalue weighted by Gasteiger charge is 2.25. The molecule has 0 heterocycles. The summed E-state index contributed by atoms with van der Waals surface area (Å²) in [5.74, 6) is 0. The van der Waals surface area contributed by atoms with Gasteiger partial charge in [-0.2, -0.15) is 0 Å². The number of hydrogen-bond acceptors (Lipinski definition) is 4. The molecule has 0 fully saturated rings. The van der Waals surface area contributed by atoms with Crippen molar-refractivity contribution in [3.8, 4) is 0 Å². The van der Waals surface area contributed by atoms with Crippen molar-refractivity contribution in [1.29, 1.82) is 0 Å². The molecule has 0 aromatic carbocycles. The maximum atomic E-state index is 9.56. The summed E-state index contributed by atoms with van der Waals surface area (Å²) in [6.07, 6.45) is 0.934. The SMILES string of the molecule is CCN(CCC(C)(CO)NC(C)C)C(C)COC. The number of hydrogen-bond donors (Lipinski definition) is 2. The van der Waals surface area contributed by atoms with Crippen molar-refractivity contribution in [3.63, 3.8) is 0 Å². The first kappa shape index (κ1) is 17.8. The third kappa shape index (κ3) is 6.69. The minimum absolute atomic E-state index is 0.168. The highest BCUT2D eigenvalue weighted by atomic mass is 16.5. The Kier molecular flexibility index (Phi) is 8.78. The first-order valence-electron chi connectivity index (χ1n) is 7.00. The van der Waals surface area contributed by atoms with Gasteiger partial charge in [0.25, 0.3) is 0 Å². The van der Waals surface area contributed by atoms with E-state index in [1.165, 1.54) is 0 Å². The van der Waals surface area contributed by atoms with Crippen LogP contribution >= 0.6 is 0 Å². The molecule has 18 heavy (non-hydrogen) atoms. The van der Waals surface area contributed by atoms with Gasteiger partial charge in [0.1, 0.15) is 0 Å². The smallest absolute Gasteiger partial charge is 0.0615 e. The van der Waals surface area contributed by atoms with Gasteiger partial charge in [0.05, 0.1) is 13.2 Å². The fourth-order valence-corrected chi connectivity index (χ4v) is 2.32. The number of nitrogens with zero attached hydrogens (tertiary/aromatic N) is 1. The zero-order chi connectivity index (χ0) is 14.2. The molecule has 0 amide bonds. The van der Waals surface area contributed by atoms with Crippen LogP contribution in [0.3, 0.4) is 0 Å². The largest absolute Gasteiger partial charge is 0.394 e. The lowest BCUT2D eigenvalue weighted by Crippen LogP contribution is -2.51. The van der Waals surface area contributed by atoms with Crippen molar-refractivity contribution >= 4 is 0 Å². The van der Waals surface area contributed by atoms with E-state index < -0.39 is 0 Å². The van der Waals surface area contributed by atoms with Crippen molar-refractivity contribution in [2.24, 2.45) is 0 Å². The number of likely N-dealkylation sites (N-methyl/N-ethyl adjacent to an activating group) is 1. The van der Waals surface area contributed by atoms with Crippen LogP contribution in [0.4, 0.5) is 0 Å². The first-order valence-corrected chi connectivity index (χ1v) is 7.00. The lowest BCUT2D eigenvalue weighted by molar-refractivity contribution is 0.0849. The second-order valence-electron chi connectivity index (χ2n) is 5.70. The summed E-state index contributed by atoms with van der Waals surface area (Å²) in [5, 5.41) is 13.0. The van der Waals surface area contributed by atoms with Crippen LogP contribution < -0.4 is 5.32 Å². The van der Waals surface area contributed by atoms with Crippen LogP contribution in [0.25, 0.3) is 0 Å². The van der Waals surface area contributed by atoms with E-state index in [9.17, 15) is 5.11 Å². The standard InChI is InChI=1S/C14H32N2O2/c1-7-16(13(4)10-18-6)9-8-14(5,11-17)15-12(2)3/h12-13,15,17H,7-11H2,1-6H3. The van der Waals surface area contributed by atoms with Crippen molar-refractivity contribution in [2.75, 3.05) is 33.4 Å². The summed E-state index contributed by atoms with van der Waals surface area (Å²) < 4.78 is 5.20. The topological polar surface area (TPSA) is 44.7 Å². The molecule has 0 spiro atoms. The Morgan fingerprint density at radius 2 is 1.94 bits per heavy atom. The van der Waals surface area contributed by atoms with Gasteiger partial charge in [-0.15, -0.1) is 0 Å². The third-order valence-electron chi connectivity index (χ3n) is 3.37. The Labute approximate surface area is 113 Å². The van der Waals surface area contributed by atoms with E-state index in [0.29, 0.717) is 12.1 Å². The molecule has 0 saturated carbocycles. The van der Waals surface area contributed by atoms with Gasteiger partial charge in [-0.1, -0.05) is 20.8 Å². The average Bonchev–Trinajstić information content (AvgIpc) is 2.29. The summed E-state index contributed by atoms with van der Waals surface area (Å²) in [6.45, 7) is 13.5. The van der Waals surface area contributed by atoms with E-state index in [0.717, 1.165) is 26.1 Å². The van der Waals surface area contributed by atoms with Gasteiger partial charge in [0.15, 0.2) is 0 Å². The molecule has 0 aromatic rings. The number of rotatable bonds is 10. The van der Waals surface area contributed by atoms with E-state index in [1.54, 1.807) is 7.11 Å². The number of methoxy groups -OCH3 is 1. The van der Waals surface area contributed by atoms with Gasteiger partial charge >= 0.3 is 0 Å². The average molecular weight is 260 g/mol. The van der Waals surface area contributed by atoms with Gasteiger partial charge in [-0.25, -0.2) is 0 Å². The monoisotopic (exact) mass is 260 g/mol. The highest BCUT2D eigenvalue weighted by molar-refractivity contribution is 4.85. The Morgan fingerprint density at radius 1 is 1.33 bits per heavy atom. The molecule has 0 aliphatic carbocycles. The maximum absolute atomic E-state index is 9.56. The van der Waals surface area contributed by atoms with Crippen LogP contribution in [-0.4, -0.2) is 61.0 Å². The number of ether oxygens (including phenoxy) is 1. The van der Waals surface area contributed by atoms with Gasteiger partial charge in [0, 0.05) is 31.3 Å². The number of aliphatic hydroxyl groups excluding tert-OH is 1. The molecule has 110 valence electrons. The summed E-state index contributed by atoms with van der Waals surface area (Å²) in [7, 11) is 1.74. The molecule has 2 N–H and O–H groups in total. The lowest BCUT2D eigenvalue weighted by atomic mass is 9.97. The Bertz CT molecular complexity index is 212. The summed E-state index contributed by atoms with van der Waals surface area (Å²) >= 11 is 0. The van der Waals surface area contributed by atoms with Gasteiger partial charge < -0.3 is 15.2 Å². The Morgan fingerprint density at radius 3 is 2.33 bits per heavy atom. The fourth-order valence-electron chi connectivity index (χ4n) is 2.32. The van der Waals surface area contributed by atoms with Crippen LogP contribution in [0, 0.1) is 0 Å². The van der Waals surface area contributed by atoms with E-state index in [-0.39, 0.29) is 12.1 Å². The number of aliphatic hydroxyl groups is 1. The highest BCUT2D eigenvalue weighted by Crippen LogP contribution is 2.12. The number of nitrogens with one attached hydrogen (secondary N) is 1. The van der Waals surface area contributed by atoms with Crippen molar-refractivity contribution in [3.05, 3.63) is 0 Å². The molecule has 2 unspecified atom stereocenters. The molecule has 4 heteroatoms. The Hall–Kier alpha value is -0.160. The van der Waals surface area contributed by atoms with E-state index in [4.69, 9.17) is 4.74 Å². The molecular formula is C14H32N2O2. The predicted molar refractivity (Wildman–Crippen MR) is 77.0 cm³/mol. The molecule has 0 aliphatic rings. The van der Waals surface area contributed by atoms with E-state index in [2.05, 4.69) is 44.8 Å². The first-order chi connectivity index (χ1) is 8.38. The van der Waals surface area contributed by atoms with Crippen LogP contribution in [0.5, 0.6) is 0 Å². The van der Waals surface area contributed by atoms with Crippen LogP contribution in [0.2, 0.25) is 0 Å². The quantitative estimate of drug-likeness (QED) is 0.624. The van der Waals surface area contributed by atoms with Gasteiger partial charge in [-0.3, -0.25) is 4.90 Å². The molecule has 4 nitrogen and oxygen atoms in total. The zero-order valence-corrected chi connectivity index (χ0v) is 13.0. The second-order valence-corrected chi connectivity index (χ2v) is 5.70. The lowest BCUT2D eigenvalue weighted by Gasteiger charge is -2.35. The fraction of sp³-hybridized carbons (Fsp3) is 1.00. The Balaban J connectivity index is 4.31. The van der Waals surface area contributed by atoms with Crippen LogP contribution in [-0.2, 0) is 4.74 Å². The molecule has 0 bridgehead atoms. The second kappa shape index (κ2) is 8.86. The molecular weight excluding hydrogens is 228 g/mol. The predicted octanol–water partition coefficient (Wildman–Crippen LogP) is 1.48.